The van der Waals surface area contributed by atoms with Crippen LogP contribution in [0.5, 0.6) is 5.75 Å². The van der Waals surface area contributed by atoms with E-state index in [4.69, 9.17) is 16.3 Å². The van der Waals surface area contributed by atoms with Gasteiger partial charge in [0.2, 0.25) is 5.91 Å². The second-order valence-electron chi connectivity index (χ2n) is 8.22. The van der Waals surface area contributed by atoms with Crippen molar-refractivity contribution in [3.63, 3.8) is 0 Å². The van der Waals surface area contributed by atoms with Crippen LogP contribution in [0.25, 0.3) is 0 Å². The lowest BCUT2D eigenvalue weighted by atomic mass is 9.95. The normalized spacial score (nSPS) is 18.7. The lowest BCUT2D eigenvalue weighted by Gasteiger charge is -2.31. The molecule has 1 saturated heterocycles. The summed E-state index contributed by atoms with van der Waals surface area (Å²) >= 11 is 6.08. The van der Waals surface area contributed by atoms with Gasteiger partial charge in [-0.2, -0.15) is 0 Å². The Kier molecular flexibility index (Phi) is 6.73. The van der Waals surface area contributed by atoms with Crippen molar-refractivity contribution in [3.05, 3.63) is 59.1 Å². The largest absolute Gasteiger partial charge is 0.490 e. The first-order chi connectivity index (χ1) is 14.2. The molecular weight excluding hydrogens is 384 g/mol. The van der Waals surface area contributed by atoms with E-state index in [0.717, 1.165) is 61.8 Å². The Bertz CT molecular complexity index is 810. The predicted molar refractivity (Wildman–Crippen MR) is 117 cm³/mol. The van der Waals surface area contributed by atoms with Crippen LogP contribution in [0.1, 0.15) is 44.1 Å². The van der Waals surface area contributed by atoms with Gasteiger partial charge in [0.1, 0.15) is 5.75 Å². The molecule has 1 aliphatic heterocycles. The molecule has 1 saturated carbocycles. The number of nitrogens with one attached hydrogen (secondary N) is 1. The molecule has 0 atom stereocenters. The van der Waals surface area contributed by atoms with Gasteiger partial charge in [0.05, 0.1) is 6.10 Å². The van der Waals surface area contributed by atoms with Crippen LogP contribution in [-0.2, 0) is 11.3 Å². The summed E-state index contributed by atoms with van der Waals surface area (Å²) in [5, 5.41) is 3.85. The molecule has 1 amide bonds. The first kappa shape index (κ1) is 20.2. The fourth-order valence-electron chi connectivity index (χ4n) is 4.31. The van der Waals surface area contributed by atoms with E-state index in [2.05, 4.69) is 16.3 Å². The zero-order valence-electron chi connectivity index (χ0n) is 16.8. The van der Waals surface area contributed by atoms with Crippen LogP contribution in [0.2, 0.25) is 5.02 Å². The summed E-state index contributed by atoms with van der Waals surface area (Å²) in [6.45, 7) is 2.74. The zero-order valence-corrected chi connectivity index (χ0v) is 17.5. The maximum atomic E-state index is 12.7. The fourth-order valence-corrected chi connectivity index (χ4v) is 4.52. The van der Waals surface area contributed by atoms with E-state index >= 15 is 0 Å². The van der Waals surface area contributed by atoms with Gasteiger partial charge in [0.15, 0.2) is 0 Å². The molecule has 4 nitrogen and oxygen atoms in total. The molecule has 2 aromatic carbocycles. The molecular formula is C24H29ClN2O2. The van der Waals surface area contributed by atoms with E-state index in [1.807, 2.05) is 42.5 Å². The average Bonchev–Trinajstić information content (AvgIpc) is 3.23. The number of carbonyl (C=O) groups excluding carboxylic acids is 1. The third kappa shape index (κ3) is 5.74. The summed E-state index contributed by atoms with van der Waals surface area (Å²) in [7, 11) is 0. The Labute approximate surface area is 178 Å². The smallest absolute Gasteiger partial charge is 0.227 e. The Morgan fingerprint density at radius 1 is 1.03 bits per heavy atom. The minimum absolute atomic E-state index is 0.0695. The monoisotopic (exact) mass is 412 g/mol. The molecule has 5 heteroatoms. The van der Waals surface area contributed by atoms with Gasteiger partial charge >= 0.3 is 0 Å². The highest BCUT2D eigenvalue weighted by molar-refractivity contribution is 6.30. The standard InChI is InChI=1S/C24H29ClN2O2/c25-20-5-3-4-18(16-20)17-27-14-12-19(13-15-27)24(28)26-21-8-10-23(11-9-21)29-22-6-1-2-7-22/h3-5,8-11,16,19,22H,1-2,6-7,12-15,17H2,(H,26,28). The molecule has 1 heterocycles. The number of amides is 1. The summed E-state index contributed by atoms with van der Waals surface area (Å²) in [5.74, 6) is 1.08. The van der Waals surface area contributed by atoms with Crippen LogP contribution in [0.3, 0.4) is 0 Å². The number of benzene rings is 2. The van der Waals surface area contributed by atoms with Crippen LogP contribution in [0, 0.1) is 5.92 Å². The molecule has 2 aliphatic rings. The maximum absolute atomic E-state index is 12.7. The first-order valence-electron chi connectivity index (χ1n) is 10.7. The number of carbonyl (C=O) groups is 1. The number of halogens is 1. The van der Waals surface area contributed by atoms with Gasteiger partial charge in [0, 0.05) is 23.2 Å². The van der Waals surface area contributed by atoms with Crippen molar-refractivity contribution in [1.82, 2.24) is 4.90 Å². The van der Waals surface area contributed by atoms with Crippen LogP contribution in [0.15, 0.2) is 48.5 Å². The van der Waals surface area contributed by atoms with Crippen LogP contribution < -0.4 is 10.1 Å². The zero-order chi connectivity index (χ0) is 20.1. The topological polar surface area (TPSA) is 41.6 Å². The summed E-state index contributed by atoms with van der Waals surface area (Å²) in [4.78, 5) is 15.1. The third-order valence-corrected chi connectivity index (χ3v) is 6.22. The van der Waals surface area contributed by atoms with E-state index in [1.165, 1.54) is 18.4 Å². The van der Waals surface area contributed by atoms with Crippen molar-refractivity contribution < 1.29 is 9.53 Å². The van der Waals surface area contributed by atoms with Gasteiger partial charge in [-0.25, -0.2) is 0 Å². The summed E-state index contributed by atoms with van der Waals surface area (Å²) in [6, 6.07) is 15.8. The number of hydrogen-bond donors (Lipinski definition) is 1. The van der Waals surface area contributed by atoms with Crippen LogP contribution in [0.4, 0.5) is 5.69 Å². The van der Waals surface area contributed by atoms with Gasteiger partial charge in [-0.3, -0.25) is 9.69 Å². The van der Waals surface area contributed by atoms with Crippen molar-refractivity contribution in [2.45, 2.75) is 51.2 Å². The van der Waals surface area contributed by atoms with Crippen molar-refractivity contribution in [3.8, 4) is 5.75 Å². The number of hydrogen-bond acceptors (Lipinski definition) is 3. The number of anilines is 1. The number of nitrogens with zero attached hydrogens (tertiary/aromatic N) is 1. The number of ether oxygens (including phenoxy) is 1. The molecule has 2 fully saturated rings. The van der Waals surface area contributed by atoms with Crippen molar-refractivity contribution in [2.24, 2.45) is 5.92 Å². The Balaban J connectivity index is 1.23. The molecule has 29 heavy (non-hydrogen) atoms. The molecule has 0 unspecified atom stereocenters. The summed E-state index contributed by atoms with van der Waals surface area (Å²) in [6.07, 6.45) is 6.94. The van der Waals surface area contributed by atoms with Gasteiger partial charge in [-0.05, 0) is 93.6 Å². The highest BCUT2D eigenvalue weighted by Gasteiger charge is 2.25. The van der Waals surface area contributed by atoms with E-state index in [0.29, 0.717) is 6.10 Å². The lowest BCUT2D eigenvalue weighted by molar-refractivity contribution is -0.121. The second kappa shape index (κ2) is 9.64. The van der Waals surface area contributed by atoms with Crippen LogP contribution in [-0.4, -0.2) is 30.0 Å². The van der Waals surface area contributed by atoms with Crippen molar-refractivity contribution in [1.29, 1.82) is 0 Å². The minimum atomic E-state index is 0.0695. The first-order valence-corrected chi connectivity index (χ1v) is 11.1. The summed E-state index contributed by atoms with van der Waals surface area (Å²) < 4.78 is 5.99. The highest BCUT2D eigenvalue weighted by atomic mass is 35.5. The molecule has 1 N–H and O–H groups in total. The Morgan fingerprint density at radius 3 is 2.45 bits per heavy atom. The molecule has 1 aliphatic carbocycles. The minimum Gasteiger partial charge on any atom is -0.490 e. The van der Waals surface area contributed by atoms with Crippen molar-refractivity contribution in [2.75, 3.05) is 18.4 Å². The molecule has 0 spiro atoms. The van der Waals surface area contributed by atoms with Gasteiger partial charge < -0.3 is 10.1 Å². The fraction of sp³-hybridized carbons (Fsp3) is 0.458. The molecule has 154 valence electrons. The third-order valence-electron chi connectivity index (χ3n) is 5.98. The van der Waals surface area contributed by atoms with Crippen LogP contribution >= 0.6 is 11.6 Å². The van der Waals surface area contributed by atoms with E-state index in [-0.39, 0.29) is 11.8 Å². The number of rotatable bonds is 6. The van der Waals surface area contributed by atoms with Gasteiger partial charge in [-0.1, -0.05) is 23.7 Å². The molecule has 0 bridgehead atoms. The molecule has 2 aromatic rings. The Hall–Kier alpha value is -2.04. The van der Waals surface area contributed by atoms with E-state index in [1.54, 1.807) is 0 Å². The predicted octanol–water partition coefficient (Wildman–Crippen LogP) is 5.51. The van der Waals surface area contributed by atoms with Gasteiger partial charge in [-0.15, -0.1) is 0 Å². The average molecular weight is 413 g/mol. The number of piperidine rings is 1. The highest BCUT2D eigenvalue weighted by Crippen LogP contribution is 2.26. The van der Waals surface area contributed by atoms with Crippen molar-refractivity contribution >= 4 is 23.2 Å². The molecule has 4 rings (SSSR count). The molecule has 0 aromatic heterocycles. The lowest BCUT2D eigenvalue weighted by Crippen LogP contribution is -2.37. The van der Waals surface area contributed by atoms with Gasteiger partial charge in [0.25, 0.3) is 0 Å². The quantitative estimate of drug-likeness (QED) is 0.679. The Morgan fingerprint density at radius 2 is 1.76 bits per heavy atom. The maximum Gasteiger partial charge on any atom is 0.227 e. The van der Waals surface area contributed by atoms with E-state index in [9.17, 15) is 4.79 Å². The number of likely N-dealkylation sites (tertiary alicyclic amines) is 1. The summed E-state index contributed by atoms with van der Waals surface area (Å²) in [5.41, 5.74) is 2.07. The van der Waals surface area contributed by atoms with E-state index < -0.39 is 0 Å². The molecule has 0 radical (unpaired) electrons. The second-order valence-corrected chi connectivity index (χ2v) is 8.65. The SMILES string of the molecule is O=C(Nc1ccc(OC2CCCC2)cc1)C1CCN(Cc2cccc(Cl)c2)CC1.